The smallest absolute Gasteiger partial charge is 0.0633 e. The Bertz CT molecular complexity index is 431. The van der Waals surface area contributed by atoms with Crippen LogP contribution in [0.3, 0.4) is 0 Å². The Morgan fingerprint density at radius 1 is 1.35 bits per heavy atom. The lowest BCUT2D eigenvalue weighted by atomic mass is 9.92. The lowest BCUT2D eigenvalue weighted by molar-refractivity contribution is 0.146. The average molecular weight is 276 g/mol. The quantitative estimate of drug-likeness (QED) is 0.766. The summed E-state index contributed by atoms with van der Waals surface area (Å²) in [4.78, 5) is 2.38. The number of aliphatic hydroxyl groups is 1. The van der Waals surface area contributed by atoms with Gasteiger partial charge in [0.05, 0.1) is 12.1 Å². The largest absolute Gasteiger partial charge is 0.394 e. The van der Waals surface area contributed by atoms with Gasteiger partial charge in [0.1, 0.15) is 0 Å². The van der Waals surface area contributed by atoms with Crippen molar-refractivity contribution in [3.63, 3.8) is 0 Å². The Morgan fingerprint density at radius 2 is 2.10 bits per heavy atom. The number of hydrogen-bond donors (Lipinski definition) is 2. The molecule has 3 nitrogen and oxygen atoms in total. The molecule has 0 spiro atoms. The number of anilines is 1. The normalized spacial score (nSPS) is 17.8. The first-order valence-corrected chi connectivity index (χ1v) is 7.82. The third kappa shape index (κ3) is 3.33. The van der Waals surface area contributed by atoms with E-state index in [1.54, 1.807) is 0 Å². The number of nitrogens with zero attached hydrogens (tertiary/aromatic N) is 1. The first-order valence-electron chi connectivity index (χ1n) is 7.82. The number of likely N-dealkylation sites (N-methyl/N-ethyl adjacent to an activating group) is 2. The zero-order valence-electron chi connectivity index (χ0n) is 13.0. The highest BCUT2D eigenvalue weighted by molar-refractivity contribution is 5.49. The summed E-state index contributed by atoms with van der Waals surface area (Å²) in [5.41, 5.74) is 2.39. The fourth-order valence-electron chi connectivity index (χ4n) is 3.10. The highest BCUT2D eigenvalue weighted by Gasteiger charge is 2.45. The summed E-state index contributed by atoms with van der Waals surface area (Å²) in [5, 5.41) is 13.5. The summed E-state index contributed by atoms with van der Waals surface area (Å²) in [6.07, 6.45) is 2.47. The monoisotopic (exact) mass is 276 g/mol. The standard InChI is InChI=1S/C17H28N2O/c1-4-18-17(13-20,15-9-10-15)12-19(5-2)16-8-6-7-14(3)11-16/h6-8,11,15,18,20H,4-5,9-10,12-13H2,1-3H3. The van der Waals surface area contributed by atoms with Crippen LogP contribution in [-0.4, -0.2) is 36.9 Å². The minimum absolute atomic E-state index is 0.144. The topological polar surface area (TPSA) is 35.5 Å². The molecule has 0 aliphatic heterocycles. The van der Waals surface area contributed by atoms with E-state index in [0.717, 1.165) is 19.6 Å². The van der Waals surface area contributed by atoms with E-state index in [1.165, 1.54) is 24.1 Å². The highest BCUT2D eigenvalue weighted by Crippen LogP contribution is 2.40. The van der Waals surface area contributed by atoms with Crippen molar-refractivity contribution in [2.75, 3.05) is 31.1 Å². The molecule has 1 aromatic rings. The van der Waals surface area contributed by atoms with Gasteiger partial charge in [0, 0.05) is 18.8 Å². The Labute approximate surface area is 123 Å². The van der Waals surface area contributed by atoms with Crippen LogP contribution in [0.4, 0.5) is 5.69 Å². The Balaban J connectivity index is 2.18. The molecule has 0 amide bonds. The number of aliphatic hydroxyl groups excluding tert-OH is 1. The van der Waals surface area contributed by atoms with Crippen molar-refractivity contribution in [3.05, 3.63) is 29.8 Å². The molecule has 1 aromatic carbocycles. The van der Waals surface area contributed by atoms with Crippen LogP contribution < -0.4 is 10.2 Å². The molecule has 1 unspecified atom stereocenters. The fourth-order valence-corrected chi connectivity index (χ4v) is 3.10. The molecule has 0 heterocycles. The van der Waals surface area contributed by atoms with Gasteiger partial charge in [0.2, 0.25) is 0 Å². The first kappa shape index (κ1) is 15.3. The Hall–Kier alpha value is -1.06. The van der Waals surface area contributed by atoms with E-state index < -0.39 is 0 Å². The summed E-state index contributed by atoms with van der Waals surface area (Å²) in [6.45, 7) is 9.39. The second kappa shape index (κ2) is 6.59. The van der Waals surface area contributed by atoms with Gasteiger partial charge in [-0.1, -0.05) is 19.1 Å². The molecule has 1 saturated carbocycles. The molecule has 1 atom stereocenters. The molecule has 1 fully saturated rings. The molecule has 0 aromatic heterocycles. The van der Waals surface area contributed by atoms with Gasteiger partial charge in [-0.15, -0.1) is 0 Å². The molecule has 1 aliphatic carbocycles. The van der Waals surface area contributed by atoms with E-state index in [2.05, 4.69) is 55.3 Å². The molecule has 0 radical (unpaired) electrons. The van der Waals surface area contributed by atoms with Crippen LogP contribution in [0.25, 0.3) is 0 Å². The molecule has 2 rings (SSSR count). The summed E-state index contributed by atoms with van der Waals surface area (Å²) in [7, 11) is 0. The molecular formula is C17H28N2O. The second-order valence-electron chi connectivity index (χ2n) is 5.97. The minimum atomic E-state index is -0.144. The molecule has 0 bridgehead atoms. The maximum absolute atomic E-state index is 9.97. The summed E-state index contributed by atoms with van der Waals surface area (Å²) in [5.74, 6) is 0.617. The molecule has 0 saturated heterocycles. The minimum Gasteiger partial charge on any atom is -0.394 e. The second-order valence-corrected chi connectivity index (χ2v) is 5.97. The molecule has 1 aliphatic rings. The number of nitrogens with one attached hydrogen (secondary N) is 1. The summed E-state index contributed by atoms with van der Waals surface area (Å²) in [6, 6.07) is 8.63. The van der Waals surface area contributed by atoms with Crippen molar-refractivity contribution < 1.29 is 5.11 Å². The molecule has 112 valence electrons. The number of aryl methyl sites for hydroxylation is 1. The van der Waals surface area contributed by atoms with Gasteiger partial charge in [-0.3, -0.25) is 0 Å². The first-order chi connectivity index (χ1) is 9.65. The van der Waals surface area contributed by atoms with Gasteiger partial charge in [0.15, 0.2) is 0 Å². The van der Waals surface area contributed by atoms with Crippen LogP contribution in [0.2, 0.25) is 0 Å². The van der Waals surface area contributed by atoms with Crippen molar-refractivity contribution in [3.8, 4) is 0 Å². The van der Waals surface area contributed by atoms with Gasteiger partial charge in [-0.25, -0.2) is 0 Å². The maximum Gasteiger partial charge on any atom is 0.0633 e. The SMILES string of the molecule is CCNC(CO)(CN(CC)c1cccc(C)c1)C1CC1. The van der Waals surface area contributed by atoms with Crippen LogP contribution in [-0.2, 0) is 0 Å². The van der Waals surface area contributed by atoms with E-state index >= 15 is 0 Å². The van der Waals surface area contributed by atoms with Crippen LogP contribution in [0.15, 0.2) is 24.3 Å². The van der Waals surface area contributed by atoms with Gasteiger partial charge < -0.3 is 15.3 Å². The summed E-state index contributed by atoms with van der Waals surface area (Å²) < 4.78 is 0. The lowest BCUT2D eigenvalue weighted by Crippen LogP contribution is -2.58. The van der Waals surface area contributed by atoms with Crippen molar-refractivity contribution in [1.29, 1.82) is 0 Å². The molecule has 2 N–H and O–H groups in total. The zero-order chi connectivity index (χ0) is 14.6. The number of hydrogen-bond acceptors (Lipinski definition) is 3. The third-order valence-electron chi connectivity index (χ3n) is 4.39. The predicted octanol–water partition coefficient (Wildman–Crippen LogP) is 2.57. The summed E-state index contributed by atoms with van der Waals surface area (Å²) >= 11 is 0. The van der Waals surface area contributed by atoms with Gasteiger partial charge in [-0.2, -0.15) is 0 Å². The predicted molar refractivity (Wildman–Crippen MR) is 85.3 cm³/mol. The van der Waals surface area contributed by atoms with Gasteiger partial charge >= 0.3 is 0 Å². The third-order valence-corrected chi connectivity index (χ3v) is 4.39. The highest BCUT2D eigenvalue weighted by atomic mass is 16.3. The maximum atomic E-state index is 9.97. The number of rotatable bonds is 8. The Kier molecular flexibility index (Phi) is 5.06. The van der Waals surface area contributed by atoms with Crippen molar-refractivity contribution in [1.82, 2.24) is 5.32 Å². The molecule has 20 heavy (non-hydrogen) atoms. The van der Waals surface area contributed by atoms with Gasteiger partial charge in [0.25, 0.3) is 0 Å². The van der Waals surface area contributed by atoms with Crippen molar-refractivity contribution >= 4 is 5.69 Å². The van der Waals surface area contributed by atoms with E-state index in [4.69, 9.17) is 0 Å². The average Bonchev–Trinajstić information content (AvgIpc) is 3.28. The zero-order valence-corrected chi connectivity index (χ0v) is 13.0. The van der Waals surface area contributed by atoms with E-state index in [1.807, 2.05) is 0 Å². The van der Waals surface area contributed by atoms with E-state index in [9.17, 15) is 5.11 Å². The van der Waals surface area contributed by atoms with Crippen LogP contribution in [0, 0.1) is 12.8 Å². The van der Waals surface area contributed by atoms with Crippen LogP contribution in [0.1, 0.15) is 32.3 Å². The molecule has 3 heteroatoms. The van der Waals surface area contributed by atoms with E-state index in [-0.39, 0.29) is 12.1 Å². The van der Waals surface area contributed by atoms with Crippen LogP contribution in [0.5, 0.6) is 0 Å². The lowest BCUT2D eigenvalue weighted by Gasteiger charge is -2.39. The Morgan fingerprint density at radius 3 is 2.60 bits per heavy atom. The van der Waals surface area contributed by atoms with Crippen LogP contribution >= 0.6 is 0 Å². The number of benzene rings is 1. The van der Waals surface area contributed by atoms with E-state index in [0.29, 0.717) is 5.92 Å². The van der Waals surface area contributed by atoms with Crippen molar-refractivity contribution in [2.45, 2.75) is 39.2 Å². The van der Waals surface area contributed by atoms with Crippen molar-refractivity contribution in [2.24, 2.45) is 5.92 Å². The fraction of sp³-hybridized carbons (Fsp3) is 0.647. The molecular weight excluding hydrogens is 248 g/mol. The van der Waals surface area contributed by atoms with Gasteiger partial charge in [-0.05, 0) is 56.8 Å².